The van der Waals surface area contributed by atoms with Crippen LogP contribution in [0.15, 0.2) is 24.3 Å². The molecule has 1 aromatic rings. The van der Waals surface area contributed by atoms with E-state index in [9.17, 15) is 22.4 Å². The number of carbonyl (C=O) groups excluding carboxylic acids is 1. The quantitative estimate of drug-likeness (QED) is 0.811. The van der Waals surface area contributed by atoms with Crippen molar-refractivity contribution < 1.29 is 27.1 Å². The normalized spacial score (nSPS) is 11.5. The first kappa shape index (κ1) is 15.3. The SMILES string of the molecule is CCCOc1cccc(NC(=O)C(F)(F)C(F)F)c1. The van der Waals surface area contributed by atoms with Gasteiger partial charge in [-0.05, 0) is 18.6 Å². The highest BCUT2D eigenvalue weighted by Gasteiger charge is 2.48. The standard InChI is InChI=1S/C12H13F4NO2/c1-2-6-19-9-5-3-4-8(7-9)17-11(18)12(15,16)10(13)14/h3-5,7,10H,2,6H2,1H3,(H,17,18). The lowest BCUT2D eigenvalue weighted by atomic mass is 10.2. The second kappa shape index (κ2) is 6.40. The van der Waals surface area contributed by atoms with Gasteiger partial charge in [0, 0.05) is 11.8 Å². The molecule has 7 heteroatoms. The molecule has 0 radical (unpaired) electrons. The topological polar surface area (TPSA) is 38.3 Å². The van der Waals surface area contributed by atoms with Crippen LogP contribution in [-0.2, 0) is 4.79 Å². The van der Waals surface area contributed by atoms with Gasteiger partial charge in [-0.25, -0.2) is 8.78 Å². The summed E-state index contributed by atoms with van der Waals surface area (Å²) in [5.74, 6) is -6.41. The summed E-state index contributed by atoms with van der Waals surface area (Å²) in [6.07, 6.45) is -3.30. The van der Waals surface area contributed by atoms with Gasteiger partial charge in [0.15, 0.2) is 0 Å². The molecule has 0 aliphatic heterocycles. The van der Waals surface area contributed by atoms with E-state index in [0.29, 0.717) is 12.4 Å². The average Bonchev–Trinajstić information content (AvgIpc) is 2.36. The molecule has 1 N–H and O–H groups in total. The van der Waals surface area contributed by atoms with Crippen LogP contribution in [-0.4, -0.2) is 24.9 Å². The van der Waals surface area contributed by atoms with E-state index in [1.165, 1.54) is 18.2 Å². The van der Waals surface area contributed by atoms with E-state index in [1.807, 2.05) is 6.92 Å². The maximum absolute atomic E-state index is 12.7. The lowest BCUT2D eigenvalue weighted by molar-refractivity contribution is -0.163. The summed E-state index contributed by atoms with van der Waals surface area (Å²) in [6.45, 7) is 2.30. The molecule has 19 heavy (non-hydrogen) atoms. The smallest absolute Gasteiger partial charge is 0.383 e. The minimum Gasteiger partial charge on any atom is -0.494 e. The summed E-state index contributed by atoms with van der Waals surface area (Å²) in [4.78, 5) is 11.0. The number of amides is 1. The summed E-state index contributed by atoms with van der Waals surface area (Å²) in [5, 5.41) is 1.73. The van der Waals surface area contributed by atoms with E-state index >= 15 is 0 Å². The number of alkyl halides is 4. The van der Waals surface area contributed by atoms with E-state index in [-0.39, 0.29) is 5.69 Å². The van der Waals surface area contributed by atoms with Crippen LogP contribution in [0.1, 0.15) is 13.3 Å². The average molecular weight is 279 g/mol. The molecule has 1 amide bonds. The Labute approximate surface area is 107 Å². The Morgan fingerprint density at radius 3 is 2.68 bits per heavy atom. The second-order valence-corrected chi connectivity index (χ2v) is 3.75. The molecule has 0 aliphatic rings. The highest BCUT2D eigenvalue weighted by molar-refractivity contribution is 5.96. The summed E-state index contributed by atoms with van der Waals surface area (Å²) in [6, 6.07) is 5.62. The maximum atomic E-state index is 12.7. The van der Waals surface area contributed by atoms with Gasteiger partial charge in [0.05, 0.1) is 6.61 Å². The van der Waals surface area contributed by atoms with Gasteiger partial charge < -0.3 is 10.1 Å². The molecule has 0 fully saturated rings. The van der Waals surface area contributed by atoms with E-state index in [4.69, 9.17) is 4.74 Å². The zero-order valence-corrected chi connectivity index (χ0v) is 10.1. The lowest BCUT2D eigenvalue weighted by Gasteiger charge is -2.15. The van der Waals surface area contributed by atoms with Gasteiger partial charge >= 0.3 is 18.3 Å². The van der Waals surface area contributed by atoms with Gasteiger partial charge in [0.1, 0.15) is 5.75 Å². The molecule has 0 saturated heterocycles. The molecule has 0 heterocycles. The van der Waals surface area contributed by atoms with Gasteiger partial charge in [0.25, 0.3) is 0 Å². The number of ether oxygens (including phenoxy) is 1. The van der Waals surface area contributed by atoms with Crippen molar-refractivity contribution in [1.29, 1.82) is 0 Å². The lowest BCUT2D eigenvalue weighted by Crippen LogP contribution is -2.40. The number of hydrogen-bond donors (Lipinski definition) is 1. The van der Waals surface area contributed by atoms with Crippen molar-refractivity contribution in [3.8, 4) is 5.75 Å². The number of nitrogens with one attached hydrogen (secondary N) is 1. The molecule has 0 aromatic heterocycles. The van der Waals surface area contributed by atoms with Crippen molar-refractivity contribution in [2.24, 2.45) is 0 Å². The summed E-state index contributed by atoms with van der Waals surface area (Å²) in [7, 11) is 0. The Morgan fingerprint density at radius 2 is 2.11 bits per heavy atom. The molecule has 1 aromatic carbocycles. The number of halogens is 4. The van der Waals surface area contributed by atoms with E-state index in [2.05, 4.69) is 0 Å². The fraction of sp³-hybridized carbons (Fsp3) is 0.417. The molecule has 0 spiro atoms. The first-order chi connectivity index (χ1) is 8.87. The molecule has 0 saturated carbocycles. The van der Waals surface area contributed by atoms with E-state index in [1.54, 1.807) is 11.4 Å². The molecular weight excluding hydrogens is 266 g/mol. The van der Waals surface area contributed by atoms with Crippen LogP contribution in [0.5, 0.6) is 5.75 Å². The Balaban J connectivity index is 2.74. The maximum Gasteiger partial charge on any atom is 0.383 e. The van der Waals surface area contributed by atoms with E-state index < -0.39 is 18.3 Å². The van der Waals surface area contributed by atoms with Crippen molar-refractivity contribution in [3.63, 3.8) is 0 Å². The van der Waals surface area contributed by atoms with Crippen molar-refractivity contribution in [2.75, 3.05) is 11.9 Å². The largest absolute Gasteiger partial charge is 0.494 e. The number of hydrogen-bond acceptors (Lipinski definition) is 2. The zero-order valence-electron chi connectivity index (χ0n) is 10.1. The van der Waals surface area contributed by atoms with Crippen LogP contribution < -0.4 is 10.1 Å². The van der Waals surface area contributed by atoms with E-state index in [0.717, 1.165) is 6.42 Å². The van der Waals surface area contributed by atoms with Crippen LogP contribution >= 0.6 is 0 Å². The van der Waals surface area contributed by atoms with Crippen molar-refractivity contribution >= 4 is 11.6 Å². The number of carbonyl (C=O) groups is 1. The molecule has 0 bridgehead atoms. The van der Waals surface area contributed by atoms with Crippen LogP contribution in [0.25, 0.3) is 0 Å². The number of rotatable bonds is 6. The highest BCUT2D eigenvalue weighted by Crippen LogP contribution is 2.25. The monoisotopic (exact) mass is 279 g/mol. The van der Waals surface area contributed by atoms with Gasteiger partial charge in [-0.15, -0.1) is 0 Å². The van der Waals surface area contributed by atoms with Crippen LogP contribution in [0.4, 0.5) is 23.2 Å². The van der Waals surface area contributed by atoms with Gasteiger partial charge in [-0.3, -0.25) is 4.79 Å². The number of anilines is 1. The van der Waals surface area contributed by atoms with Gasteiger partial charge in [-0.2, -0.15) is 8.78 Å². The Kier molecular flexibility index (Phi) is 5.14. The summed E-state index contributed by atoms with van der Waals surface area (Å²) >= 11 is 0. The third-order valence-electron chi connectivity index (χ3n) is 2.14. The molecule has 0 atom stereocenters. The molecular formula is C12H13F4NO2. The fourth-order valence-electron chi connectivity index (χ4n) is 1.20. The van der Waals surface area contributed by atoms with Crippen molar-refractivity contribution in [3.05, 3.63) is 24.3 Å². The third kappa shape index (κ3) is 4.11. The van der Waals surface area contributed by atoms with Gasteiger partial charge in [-0.1, -0.05) is 13.0 Å². The predicted octanol–water partition coefficient (Wildman–Crippen LogP) is 3.31. The molecule has 106 valence electrons. The predicted molar refractivity (Wildman–Crippen MR) is 61.8 cm³/mol. The fourth-order valence-corrected chi connectivity index (χ4v) is 1.20. The first-order valence-corrected chi connectivity index (χ1v) is 5.58. The summed E-state index contributed by atoms with van der Waals surface area (Å²) < 4.78 is 54.6. The van der Waals surface area contributed by atoms with Crippen molar-refractivity contribution in [1.82, 2.24) is 0 Å². The minimum atomic E-state index is -4.72. The Bertz CT molecular complexity index is 437. The summed E-state index contributed by atoms with van der Waals surface area (Å²) in [5.41, 5.74) is -0.0288. The molecule has 1 rings (SSSR count). The molecule has 3 nitrogen and oxygen atoms in total. The highest BCUT2D eigenvalue weighted by atomic mass is 19.3. The van der Waals surface area contributed by atoms with Crippen molar-refractivity contribution in [2.45, 2.75) is 25.7 Å². The van der Waals surface area contributed by atoms with Crippen LogP contribution in [0.3, 0.4) is 0 Å². The number of benzene rings is 1. The van der Waals surface area contributed by atoms with Crippen LogP contribution in [0, 0.1) is 0 Å². The first-order valence-electron chi connectivity index (χ1n) is 5.58. The zero-order chi connectivity index (χ0) is 14.5. The van der Waals surface area contributed by atoms with Crippen LogP contribution in [0.2, 0.25) is 0 Å². The Morgan fingerprint density at radius 1 is 1.42 bits per heavy atom. The third-order valence-corrected chi connectivity index (χ3v) is 2.14. The second-order valence-electron chi connectivity index (χ2n) is 3.75. The molecule has 0 aliphatic carbocycles. The van der Waals surface area contributed by atoms with Gasteiger partial charge in [0.2, 0.25) is 0 Å². The minimum absolute atomic E-state index is 0.0288. The molecule has 0 unspecified atom stereocenters. The Hall–Kier alpha value is -1.79.